The van der Waals surface area contributed by atoms with Gasteiger partial charge < -0.3 is 0 Å². The molecule has 0 fully saturated rings. The van der Waals surface area contributed by atoms with Crippen molar-refractivity contribution in [2.75, 3.05) is 0 Å². The van der Waals surface area contributed by atoms with E-state index in [2.05, 4.69) is 38.7 Å². The van der Waals surface area contributed by atoms with E-state index in [0.29, 0.717) is 0 Å². The molecule has 5 rings (SSSR count). The number of nitrogens with zero attached hydrogens (tertiary/aromatic N) is 4. The molecular formula is C26H18N4. The third-order valence-corrected chi connectivity index (χ3v) is 4.94. The molecule has 0 atom stereocenters. The fourth-order valence-electron chi connectivity index (χ4n) is 3.45. The molecular weight excluding hydrogens is 368 g/mol. The number of hydrogen-bond acceptors (Lipinski definition) is 4. The fourth-order valence-corrected chi connectivity index (χ4v) is 3.45. The first-order chi connectivity index (χ1) is 14.9. The second-order valence-corrected chi connectivity index (χ2v) is 6.88. The van der Waals surface area contributed by atoms with Crippen molar-refractivity contribution in [2.24, 2.45) is 20.5 Å². The minimum absolute atomic E-state index is 0.803. The molecule has 5 aromatic carbocycles. The zero-order valence-electron chi connectivity index (χ0n) is 16.2. The molecule has 0 saturated heterocycles. The maximum Gasteiger partial charge on any atom is 0.0936 e. The van der Waals surface area contributed by atoms with Crippen molar-refractivity contribution >= 4 is 44.3 Å². The van der Waals surface area contributed by atoms with Gasteiger partial charge in [-0.15, -0.1) is 15.3 Å². The van der Waals surface area contributed by atoms with Gasteiger partial charge in [-0.25, -0.2) is 0 Å². The van der Waals surface area contributed by atoms with Crippen molar-refractivity contribution < 1.29 is 0 Å². The smallest absolute Gasteiger partial charge is 0.0936 e. The topological polar surface area (TPSA) is 49.4 Å². The highest BCUT2D eigenvalue weighted by atomic mass is 15.1. The summed E-state index contributed by atoms with van der Waals surface area (Å²) in [5, 5.41) is 22.1. The lowest BCUT2D eigenvalue weighted by molar-refractivity contribution is 1.23. The number of azo groups is 2. The molecule has 30 heavy (non-hydrogen) atoms. The summed E-state index contributed by atoms with van der Waals surface area (Å²) in [7, 11) is 0. The van der Waals surface area contributed by atoms with Crippen LogP contribution in [0.15, 0.2) is 130 Å². The van der Waals surface area contributed by atoms with Crippen molar-refractivity contribution in [1.29, 1.82) is 0 Å². The Morgan fingerprint density at radius 2 is 0.833 bits per heavy atom. The Kier molecular flexibility index (Phi) is 4.80. The molecule has 4 heteroatoms. The average Bonchev–Trinajstić information content (AvgIpc) is 2.82. The molecule has 0 unspecified atom stereocenters. The Morgan fingerprint density at radius 1 is 0.333 bits per heavy atom. The van der Waals surface area contributed by atoms with E-state index in [9.17, 15) is 0 Å². The summed E-state index contributed by atoms with van der Waals surface area (Å²) in [6, 6.07) is 35.9. The Labute approximate surface area is 174 Å². The van der Waals surface area contributed by atoms with Gasteiger partial charge in [0.2, 0.25) is 0 Å². The van der Waals surface area contributed by atoms with Crippen LogP contribution in [0.5, 0.6) is 0 Å². The lowest BCUT2D eigenvalue weighted by atomic mass is 10.1. The van der Waals surface area contributed by atoms with Crippen molar-refractivity contribution in [3.8, 4) is 0 Å². The summed E-state index contributed by atoms with van der Waals surface area (Å²) in [5.41, 5.74) is 3.28. The molecule has 0 aliphatic rings. The van der Waals surface area contributed by atoms with Crippen LogP contribution in [0.25, 0.3) is 21.5 Å². The lowest BCUT2D eigenvalue weighted by Crippen LogP contribution is -1.76. The van der Waals surface area contributed by atoms with Crippen LogP contribution in [0.3, 0.4) is 0 Å². The second-order valence-electron chi connectivity index (χ2n) is 6.88. The maximum absolute atomic E-state index is 4.57. The summed E-state index contributed by atoms with van der Waals surface area (Å²) >= 11 is 0. The van der Waals surface area contributed by atoms with Crippen LogP contribution in [0.1, 0.15) is 0 Å². The minimum atomic E-state index is 0.803. The van der Waals surface area contributed by atoms with Gasteiger partial charge in [-0.3, -0.25) is 0 Å². The van der Waals surface area contributed by atoms with E-state index in [-0.39, 0.29) is 0 Å². The first-order valence-electron chi connectivity index (χ1n) is 9.76. The molecule has 0 bridgehead atoms. The van der Waals surface area contributed by atoms with Crippen molar-refractivity contribution in [3.63, 3.8) is 0 Å². The molecule has 0 heterocycles. The van der Waals surface area contributed by atoms with E-state index in [0.717, 1.165) is 44.3 Å². The standard InChI is InChI=1S/C26H18N4/c1-2-11-20(12-3-1)27-28-25-17-18-26(23-15-7-6-14-22(23)25)30-29-24-16-8-10-19-9-4-5-13-21(19)24/h1-18H/b28-27+,30-29+. The van der Waals surface area contributed by atoms with E-state index < -0.39 is 0 Å². The van der Waals surface area contributed by atoms with Gasteiger partial charge in [-0.2, -0.15) is 5.11 Å². The lowest BCUT2D eigenvalue weighted by Gasteiger charge is -2.05. The van der Waals surface area contributed by atoms with Gasteiger partial charge in [0.25, 0.3) is 0 Å². The van der Waals surface area contributed by atoms with E-state index >= 15 is 0 Å². The van der Waals surface area contributed by atoms with Crippen LogP contribution in [-0.4, -0.2) is 0 Å². The number of fused-ring (bicyclic) bond motifs is 2. The first-order valence-corrected chi connectivity index (χ1v) is 9.76. The quantitative estimate of drug-likeness (QED) is 0.277. The molecule has 4 nitrogen and oxygen atoms in total. The van der Waals surface area contributed by atoms with Crippen molar-refractivity contribution in [3.05, 3.63) is 109 Å². The highest BCUT2D eigenvalue weighted by molar-refractivity contribution is 6.00. The zero-order chi connectivity index (χ0) is 20.2. The van der Waals surface area contributed by atoms with Crippen LogP contribution in [0.4, 0.5) is 22.7 Å². The van der Waals surface area contributed by atoms with Gasteiger partial charge in [0.05, 0.1) is 22.7 Å². The molecule has 5 aromatic rings. The van der Waals surface area contributed by atoms with Gasteiger partial charge in [0, 0.05) is 16.2 Å². The Bertz CT molecular complexity index is 1380. The zero-order valence-corrected chi connectivity index (χ0v) is 16.2. The van der Waals surface area contributed by atoms with Crippen molar-refractivity contribution in [2.45, 2.75) is 0 Å². The third-order valence-electron chi connectivity index (χ3n) is 4.94. The Morgan fingerprint density at radius 3 is 1.53 bits per heavy atom. The fraction of sp³-hybridized carbons (Fsp3) is 0. The molecule has 0 saturated carbocycles. The predicted octanol–water partition coefficient (Wildman–Crippen LogP) is 8.82. The van der Waals surface area contributed by atoms with E-state index in [1.165, 1.54) is 0 Å². The average molecular weight is 386 g/mol. The normalized spacial score (nSPS) is 11.7. The van der Waals surface area contributed by atoms with Gasteiger partial charge in [0.15, 0.2) is 0 Å². The molecule has 0 N–H and O–H groups in total. The summed E-state index contributed by atoms with van der Waals surface area (Å²) in [6.45, 7) is 0. The molecule has 0 radical (unpaired) electrons. The summed E-state index contributed by atoms with van der Waals surface area (Å²) in [6.07, 6.45) is 0. The van der Waals surface area contributed by atoms with Crippen molar-refractivity contribution in [1.82, 2.24) is 0 Å². The number of rotatable bonds is 4. The third kappa shape index (κ3) is 3.59. The Balaban J connectivity index is 1.54. The monoisotopic (exact) mass is 386 g/mol. The highest BCUT2D eigenvalue weighted by Gasteiger charge is 2.06. The molecule has 0 aliphatic carbocycles. The molecule has 0 aromatic heterocycles. The van der Waals surface area contributed by atoms with Crippen LogP contribution in [0, 0.1) is 0 Å². The van der Waals surface area contributed by atoms with E-state index in [1.807, 2.05) is 91.0 Å². The van der Waals surface area contributed by atoms with Gasteiger partial charge in [-0.05, 0) is 35.7 Å². The van der Waals surface area contributed by atoms with Crippen LogP contribution < -0.4 is 0 Å². The molecule has 0 spiro atoms. The SMILES string of the molecule is c1ccc(/N=N/c2ccc(/N=N/c3cccc4ccccc34)c3ccccc23)cc1. The molecule has 0 aliphatic heterocycles. The summed E-state index contributed by atoms with van der Waals surface area (Å²) < 4.78 is 0. The number of hydrogen-bond donors (Lipinski definition) is 0. The first kappa shape index (κ1) is 17.9. The van der Waals surface area contributed by atoms with Crippen LogP contribution in [0.2, 0.25) is 0 Å². The molecule has 142 valence electrons. The van der Waals surface area contributed by atoms with Crippen LogP contribution >= 0.6 is 0 Å². The van der Waals surface area contributed by atoms with Crippen LogP contribution in [-0.2, 0) is 0 Å². The number of benzene rings is 5. The minimum Gasteiger partial charge on any atom is -0.151 e. The summed E-state index contributed by atoms with van der Waals surface area (Å²) in [4.78, 5) is 0. The molecule has 0 amide bonds. The van der Waals surface area contributed by atoms with Gasteiger partial charge >= 0.3 is 0 Å². The van der Waals surface area contributed by atoms with Gasteiger partial charge in [-0.1, -0.05) is 78.9 Å². The van der Waals surface area contributed by atoms with E-state index in [1.54, 1.807) is 0 Å². The largest absolute Gasteiger partial charge is 0.151 e. The maximum atomic E-state index is 4.57. The predicted molar refractivity (Wildman–Crippen MR) is 123 cm³/mol. The second kappa shape index (κ2) is 8.05. The van der Waals surface area contributed by atoms with E-state index in [4.69, 9.17) is 0 Å². The highest BCUT2D eigenvalue weighted by Crippen LogP contribution is 2.35. The summed E-state index contributed by atoms with van der Waals surface area (Å²) in [5.74, 6) is 0. The Hall–Kier alpha value is -4.18. The van der Waals surface area contributed by atoms with Gasteiger partial charge in [0.1, 0.15) is 0 Å².